The molecule has 0 bridgehead atoms. The minimum Gasteiger partial charge on any atom is -0.508 e. The second-order valence-corrected chi connectivity index (χ2v) is 9.91. The molecule has 198 valence electrons. The number of rotatable bonds is 8. The molecule has 1 aliphatic heterocycles. The summed E-state index contributed by atoms with van der Waals surface area (Å²) < 4.78 is 0. The summed E-state index contributed by atoms with van der Waals surface area (Å²) in [5.74, 6) is -1.35. The molecule has 0 aromatic heterocycles. The second-order valence-electron chi connectivity index (χ2n) is 9.91. The molecule has 8 nitrogen and oxygen atoms in total. The fourth-order valence-electron chi connectivity index (χ4n) is 5.05. The molecular weight excluding hydrogens is 480 g/mol. The zero-order valence-electron chi connectivity index (χ0n) is 21.7. The molecule has 0 radical (unpaired) electrons. The molecule has 3 atom stereocenters. The van der Waals surface area contributed by atoms with Crippen LogP contribution < -0.4 is 16.8 Å². The van der Waals surface area contributed by atoms with Gasteiger partial charge in [0.2, 0.25) is 11.8 Å². The molecule has 4 rings (SSSR count). The van der Waals surface area contributed by atoms with Crippen molar-refractivity contribution in [2.75, 3.05) is 0 Å². The van der Waals surface area contributed by atoms with E-state index in [1.54, 1.807) is 12.1 Å². The highest BCUT2D eigenvalue weighted by Gasteiger charge is 2.40. The molecule has 0 aliphatic carbocycles. The van der Waals surface area contributed by atoms with Gasteiger partial charge in [0, 0.05) is 19.5 Å². The number of carbonyl (C=O) groups is 3. The summed E-state index contributed by atoms with van der Waals surface area (Å²) in [5.41, 5.74) is 17.8. The fraction of sp³-hybridized carbons (Fsp3) is 0.300. The number of fused-ring (bicyclic) bond motifs is 1. The Morgan fingerprint density at radius 1 is 0.974 bits per heavy atom. The number of nitrogens with two attached hydrogens (primary N) is 2. The number of benzene rings is 3. The van der Waals surface area contributed by atoms with E-state index < -0.39 is 29.8 Å². The highest BCUT2D eigenvalue weighted by Crippen LogP contribution is 2.27. The highest BCUT2D eigenvalue weighted by atomic mass is 16.3. The van der Waals surface area contributed by atoms with Gasteiger partial charge in [0.05, 0.1) is 12.1 Å². The van der Waals surface area contributed by atoms with Gasteiger partial charge in [-0.1, -0.05) is 54.6 Å². The van der Waals surface area contributed by atoms with Crippen LogP contribution in [0.1, 0.15) is 33.4 Å². The number of hydrogen-bond donors (Lipinski definition) is 4. The van der Waals surface area contributed by atoms with Crippen LogP contribution in [0.4, 0.5) is 0 Å². The molecule has 1 aliphatic rings. The van der Waals surface area contributed by atoms with E-state index in [-0.39, 0.29) is 37.6 Å². The first-order valence-electron chi connectivity index (χ1n) is 12.7. The van der Waals surface area contributed by atoms with Crippen molar-refractivity contribution in [1.29, 1.82) is 0 Å². The third kappa shape index (κ3) is 5.93. The van der Waals surface area contributed by atoms with Crippen LogP contribution in [0, 0.1) is 13.8 Å². The number of ketones is 1. The lowest BCUT2D eigenvalue weighted by Gasteiger charge is -2.38. The van der Waals surface area contributed by atoms with E-state index in [4.69, 9.17) is 11.5 Å². The average molecular weight is 515 g/mol. The van der Waals surface area contributed by atoms with Crippen molar-refractivity contribution in [3.05, 3.63) is 100 Å². The number of carbonyl (C=O) groups excluding carboxylic acids is 3. The number of aromatic hydroxyl groups is 1. The van der Waals surface area contributed by atoms with Crippen molar-refractivity contribution in [1.82, 2.24) is 10.2 Å². The van der Waals surface area contributed by atoms with E-state index in [2.05, 4.69) is 5.32 Å². The molecule has 3 unspecified atom stereocenters. The van der Waals surface area contributed by atoms with Gasteiger partial charge in [-0.2, -0.15) is 0 Å². The fourth-order valence-corrected chi connectivity index (χ4v) is 5.05. The Morgan fingerprint density at radius 3 is 2.24 bits per heavy atom. The van der Waals surface area contributed by atoms with Gasteiger partial charge in [0.15, 0.2) is 5.78 Å². The first-order chi connectivity index (χ1) is 18.2. The molecule has 0 spiro atoms. The minimum absolute atomic E-state index is 0.154. The van der Waals surface area contributed by atoms with Crippen LogP contribution in [0.25, 0.3) is 0 Å². The number of nitrogens with one attached hydrogen (secondary N) is 1. The summed E-state index contributed by atoms with van der Waals surface area (Å²) in [6.07, 6.45) is 0.504. The van der Waals surface area contributed by atoms with Gasteiger partial charge in [-0.15, -0.1) is 0 Å². The topological polar surface area (TPSA) is 139 Å². The molecule has 1 heterocycles. The van der Waals surface area contributed by atoms with Crippen LogP contribution >= 0.6 is 0 Å². The Morgan fingerprint density at radius 2 is 1.58 bits per heavy atom. The van der Waals surface area contributed by atoms with E-state index in [9.17, 15) is 19.5 Å². The Hall–Kier alpha value is -4.01. The predicted octanol–water partition coefficient (Wildman–Crippen LogP) is 2.05. The summed E-state index contributed by atoms with van der Waals surface area (Å²) in [6, 6.07) is 16.9. The number of Topliss-reactive ketones (excluding diaryl/α,β-unsaturated/α-hetero) is 1. The summed E-state index contributed by atoms with van der Waals surface area (Å²) in [4.78, 5) is 41.5. The lowest BCUT2D eigenvalue weighted by atomic mass is 9.88. The van der Waals surface area contributed by atoms with E-state index in [0.29, 0.717) is 0 Å². The molecule has 3 aromatic carbocycles. The van der Waals surface area contributed by atoms with Gasteiger partial charge in [-0.25, -0.2) is 0 Å². The molecule has 0 saturated carbocycles. The van der Waals surface area contributed by atoms with Crippen molar-refractivity contribution in [2.24, 2.45) is 11.5 Å². The zero-order chi connectivity index (χ0) is 27.4. The molecule has 38 heavy (non-hydrogen) atoms. The van der Waals surface area contributed by atoms with Gasteiger partial charge >= 0.3 is 0 Å². The maximum atomic E-state index is 13.7. The largest absolute Gasteiger partial charge is 0.508 e. The van der Waals surface area contributed by atoms with E-state index in [1.807, 2.05) is 68.4 Å². The van der Waals surface area contributed by atoms with E-state index in [1.165, 1.54) is 4.90 Å². The van der Waals surface area contributed by atoms with Crippen LogP contribution in [0.3, 0.4) is 0 Å². The van der Waals surface area contributed by atoms with Gasteiger partial charge in [-0.3, -0.25) is 14.4 Å². The number of nitrogens with zero attached hydrogens (tertiary/aromatic N) is 1. The van der Waals surface area contributed by atoms with Gasteiger partial charge in [0.25, 0.3) is 0 Å². The van der Waals surface area contributed by atoms with Gasteiger partial charge in [0.1, 0.15) is 11.8 Å². The molecule has 6 N–H and O–H groups in total. The molecule has 3 aromatic rings. The zero-order valence-corrected chi connectivity index (χ0v) is 21.7. The van der Waals surface area contributed by atoms with Crippen molar-refractivity contribution in [2.45, 2.75) is 57.9 Å². The third-order valence-corrected chi connectivity index (χ3v) is 7.18. The summed E-state index contributed by atoms with van der Waals surface area (Å²) >= 11 is 0. The Kier molecular flexibility index (Phi) is 8.24. The Balaban J connectivity index is 1.54. The summed E-state index contributed by atoms with van der Waals surface area (Å²) in [7, 11) is 0. The van der Waals surface area contributed by atoms with E-state index >= 15 is 0 Å². The summed E-state index contributed by atoms with van der Waals surface area (Å²) in [5, 5.41) is 12.6. The predicted molar refractivity (Wildman–Crippen MR) is 145 cm³/mol. The highest BCUT2D eigenvalue weighted by molar-refractivity contribution is 6.08. The molecule has 0 saturated heterocycles. The van der Waals surface area contributed by atoms with Crippen LogP contribution in [-0.4, -0.2) is 45.7 Å². The van der Waals surface area contributed by atoms with Crippen LogP contribution in [-0.2, 0) is 40.3 Å². The first-order valence-corrected chi connectivity index (χ1v) is 12.7. The molecule has 0 fully saturated rings. The number of amides is 2. The van der Waals surface area contributed by atoms with Crippen molar-refractivity contribution in [3.63, 3.8) is 0 Å². The second kappa shape index (κ2) is 11.6. The molecule has 2 amide bonds. The van der Waals surface area contributed by atoms with E-state index in [0.717, 1.165) is 33.4 Å². The lowest BCUT2D eigenvalue weighted by molar-refractivity contribution is -0.144. The Labute approximate surface area is 222 Å². The van der Waals surface area contributed by atoms with Crippen LogP contribution in [0.5, 0.6) is 5.75 Å². The quantitative estimate of drug-likeness (QED) is 0.339. The monoisotopic (exact) mass is 514 g/mol. The molecular formula is C30H34N4O4. The average Bonchev–Trinajstić information content (AvgIpc) is 2.92. The smallest absolute Gasteiger partial charge is 0.244 e. The van der Waals surface area contributed by atoms with Crippen LogP contribution in [0.15, 0.2) is 66.7 Å². The van der Waals surface area contributed by atoms with Crippen molar-refractivity contribution < 1.29 is 19.5 Å². The standard InChI is InChI=1S/C30H34N4O4/c1-18-12-23(35)13-19(2)24(18)15-25(31)30(38)34-17-22-11-7-6-10-21(22)14-26(34)28(36)27(32)29(37)33-16-20-8-4-3-5-9-20/h3-13,25-27,35H,14-17,31-32H2,1-2H3,(H,33,37). The first kappa shape index (κ1) is 27.0. The Bertz CT molecular complexity index is 1320. The van der Waals surface area contributed by atoms with Crippen molar-refractivity contribution in [3.8, 4) is 5.75 Å². The number of phenolic OH excluding ortho intramolecular Hbond substituents is 1. The maximum absolute atomic E-state index is 13.7. The maximum Gasteiger partial charge on any atom is 0.244 e. The van der Waals surface area contributed by atoms with Crippen LogP contribution in [0.2, 0.25) is 0 Å². The van der Waals surface area contributed by atoms with Crippen molar-refractivity contribution >= 4 is 17.6 Å². The SMILES string of the molecule is Cc1cc(O)cc(C)c1CC(N)C(=O)N1Cc2ccccc2CC1C(=O)C(N)C(=O)NCc1ccccc1. The number of aryl methyl sites for hydroxylation is 2. The minimum atomic E-state index is -1.43. The number of phenols is 1. The lowest BCUT2D eigenvalue weighted by Crippen LogP contribution is -2.59. The number of hydrogen-bond acceptors (Lipinski definition) is 6. The van der Waals surface area contributed by atoms with Gasteiger partial charge in [-0.05, 0) is 65.8 Å². The normalized spacial score (nSPS) is 16.3. The summed E-state index contributed by atoms with van der Waals surface area (Å²) in [6.45, 7) is 4.16. The third-order valence-electron chi connectivity index (χ3n) is 7.18. The molecule has 8 heteroatoms. The van der Waals surface area contributed by atoms with Gasteiger partial charge < -0.3 is 26.8 Å².